The number of aromatic amines is 1. The zero-order valence-electron chi connectivity index (χ0n) is 14.4. The first-order chi connectivity index (χ1) is 11.5. The van der Waals surface area contributed by atoms with Crippen molar-refractivity contribution in [3.05, 3.63) is 58.9 Å². The minimum absolute atomic E-state index is 0.0173. The van der Waals surface area contributed by atoms with Crippen LogP contribution in [0.2, 0.25) is 0 Å². The number of ketones is 1. The van der Waals surface area contributed by atoms with E-state index in [4.69, 9.17) is 0 Å². The van der Waals surface area contributed by atoms with Crippen molar-refractivity contribution in [1.29, 1.82) is 0 Å². The first kappa shape index (κ1) is 15.2. The molecular formula is C20H23N3O. The molecule has 0 radical (unpaired) electrons. The van der Waals surface area contributed by atoms with Crippen molar-refractivity contribution in [3.63, 3.8) is 0 Å². The van der Waals surface area contributed by atoms with Gasteiger partial charge in [-0.25, -0.2) is 0 Å². The lowest BCUT2D eigenvalue weighted by Gasteiger charge is -2.45. The highest BCUT2D eigenvalue weighted by Crippen LogP contribution is 2.53. The van der Waals surface area contributed by atoms with Crippen LogP contribution in [0.15, 0.2) is 47.8 Å². The van der Waals surface area contributed by atoms with Crippen LogP contribution in [0.1, 0.15) is 51.2 Å². The van der Waals surface area contributed by atoms with Crippen LogP contribution in [0.3, 0.4) is 0 Å². The molecule has 1 aliphatic heterocycles. The maximum atomic E-state index is 13.2. The Bertz CT molecular complexity index is 832. The van der Waals surface area contributed by atoms with Crippen molar-refractivity contribution in [1.82, 2.24) is 10.2 Å². The summed E-state index contributed by atoms with van der Waals surface area (Å²) in [5.74, 6) is 1.18. The van der Waals surface area contributed by atoms with Gasteiger partial charge in [-0.15, -0.1) is 0 Å². The number of H-pyrrole nitrogens is 1. The summed E-state index contributed by atoms with van der Waals surface area (Å²) in [6, 6.07) is 10.4. The average Bonchev–Trinajstić information content (AvgIpc) is 3.01. The summed E-state index contributed by atoms with van der Waals surface area (Å²) >= 11 is 0. The van der Waals surface area contributed by atoms with Crippen molar-refractivity contribution in [2.45, 2.75) is 45.4 Å². The second-order valence-corrected chi connectivity index (χ2v) is 7.70. The number of aromatic nitrogens is 2. The van der Waals surface area contributed by atoms with E-state index in [2.05, 4.69) is 48.4 Å². The fourth-order valence-electron chi connectivity index (χ4n) is 4.51. The molecule has 0 saturated carbocycles. The third-order valence-electron chi connectivity index (χ3n) is 5.47. The lowest BCUT2D eigenvalue weighted by molar-refractivity contribution is -0.118. The van der Waals surface area contributed by atoms with Crippen molar-refractivity contribution in [3.8, 4) is 0 Å². The summed E-state index contributed by atoms with van der Waals surface area (Å²) < 4.78 is 0. The molecule has 4 heteroatoms. The number of anilines is 1. The van der Waals surface area contributed by atoms with E-state index < -0.39 is 5.41 Å². The maximum absolute atomic E-state index is 13.2. The molecule has 2 aliphatic rings. The number of rotatable bonds is 2. The van der Waals surface area contributed by atoms with Crippen molar-refractivity contribution in [2.75, 3.05) is 5.32 Å². The first-order valence-corrected chi connectivity index (χ1v) is 8.61. The number of hydrogen-bond donors (Lipinski definition) is 2. The number of carbonyl (C=O) groups is 1. The standard InChI is InChI=1S/C20H23N3O/c1-4-20(13-8-6-5-7-9-13)14-12-21-23-18(14)22-15-10-19(2,3)11-16(24)17(15)20/h5-9,12H,4,10-11H2,1-3H3,(H2,21,22,23). The number of hydrogen-bond acceptors (Lipinski definition) is 3. The van der Waals surface area contributed by atoms with E-state index in [-0.39, 0.29) is 11.2 Å². The molecule has 4 nitrogen and oxygen atoms in total. The molecule has 0 bridgehead atoms. The Hall–Kier alpha value is -2.36. The van der Waals surface area contributed by atoms with E-state index in [1.165, 1.54) is 0 Å². The molecule has 0 spiro atoms. The SMILES string of the molecule is CCC1(c2ccccc2)C2=C(CC(C)(C)CC2=O)Nc2[nH]ncc21. The lowest BCUT2D eigenvalue weighted by atomic mass is 9.60. The molecule has 1 aromatic heterocycles. The maximum Gasteiger partial charge on any atom is 0.162 e. The van der Waals surface area contributed by atoms with Gasteiger partial charge in [0.25, 0.3) is 0 Å². The number of Topliss-reactive ketones (excluding diaryl/α,β-unsaturated/α-hetero) is 1. The molecule has 124 valence electrons. The molecule has 4 rings (SSSR count). The summed E-state index contributed by atoms with van der Waals surface area (Å²) in [5, 5.41) is 10.8. The number of fused-ring (bicyclic) bond motifs is 1. The van der Waals surface area contributed by atoms with Crippen LogP contribution in [-0.4, -0.2) is 16.0 Å². The highest BCUT2D eigenvalue weighted by atomic mass is 16.1. The van der Waals surface area contributed by atoms with Gasteiger partial charge < -0.3 is 5.32 Å². The fourth-order valence-corrected chi connectivity index (χ4v) is 4.51. The smallest absolute Gasteiger partial charge is 0.162 e. The molecule has 1 atom stereocenters. The zero-order valence-corrected chi connectivity index (χ0v) is 14.4. The van der Waals surface area contributed by atoms with Gasteiger partial charge in [-0.2, -0.15) is 5.10 Å². The highest BCUT2D eigenvalue weighted by Gasteiger charge is 2.49. The van der Waals surface area contributed by atoms with E-state index in [0.29, 0.717) is 6.42 Å². The molecule has 2 aromatic rings. The van der Waals surface area contributed by atoms with Gasteiger partial charge in [0.05, 0.1) is 11.6 Å². The van der Waals surface area contributed by atoms with Crippen LogP contribution in [0.25, 0.3) is 0 Å². The molecular weight excluding hydrogens is 298 g/mol. The van der Waals surface area contributed by atoms with Crippen molar-refractivity contribution < 1.29 is 4.79 Å². The lowest BCUT2D eigenvalue weighted by Crippen LogP contribution is -2.43. The van der Waals surface area contributed by atoms with Crippen LogP contribution in [-0.2, 0) is 10.2 Å². The average molecular weight is 321 g/mol. The summed E-state index contributed by atoms with van der Waals surface area (Å²) in [6.07, 6.45) is 4.17. The third kappa shape index (κ3) is 1.98. The van der Waals surface area contributed by atoms with Crippen LogP contribution in [0, 0.1) is 5.41 Å². The van der Waals surface area contributed by atoms with E-state index in [9.17, 15) is 4.79 Å². The molecule has 1 aromatic carbocycles. The second-order valence-electron chi connectivity index (χ2n) is 7.70. The van der Waals surface area contributed by atoms with Gasteiger partial charge in [0, 0.05) is 23.3 Å². The van der Waals surface area contributed by atoms with Gasteiger partial charge in [-0.05, 0) is 23.8 Å². The van der Waals surface area contributed by atoms with Gasteiger partial charge in [0.1, 0.15) is 5.82 Å². The van der Waals surface area contributed by atoms with E-state index in [1.54, 1.807) is 0 Å². The van der Waals surface area contributed by atoms with Gasteiger partial charge >= 0.3 is 0 Å². The Morgan fingerprint density at radius 2 is 1.92 bits per heavy atom. The molecule has 2 N–H and O–H groups in total. The van der Waals surface area contributed by atoms with E-state index in [0.717, 1.165) is 41.1 Å². The second kappa shape index (κ2) is 5.07. The predicted octanol–water partition coefficient (Wildman–Crippen LogP) is 4.17. The van der Waals surface area contributed by atoms with E-state index in [1.807, 2.05) is 24.4 Å². The predicted molar refractivity (Wildman–Crippen MR) is 94.8 cm³/mol. The van der Waals surface area contributed by atoms with Crippen LogP contribution < -0.4 is 5.32 Å². The summed E-state index contributed by atoms with van der Waals surface area (Å²) in [6.45, 7) is 6.48. The Balaban J connectivity index is 2.03. The zero-order chi connectivity index (χ0) is 16.9. The molecule has 2 heterocycles. The Labute approximate surface area is 142 Å². The molecule has 0 amide bonds. The van der Waals surface area contributed by atoms with Gasteiger partial charge in [0.15, 0.2) is 5.78 Å². The van der Waals surface area contributed by atoms with Gasteiger partial charge in [-0.1, -0.05) is 51.1 Å². The topological polar surface area (TPSA) is 57.8 Å². The number of nitrogens with one attached hydrogen (secondary N) is 2. The fraction of sp³-hybridized carbons (Fsp3) is 0.400. The van der Waals surface area contributed by atoms with Crippen LogP contribution in [0.5, 0.6) is 0 Å². The van der Waals surface area contributed by atoms with Crippen molar-refractivity contribution in [2.24, 2.45) is 5.41 Å². The van der Waals surface area contributed by atoms with Crippen LogP contribution in [0.4, 0.5) is 5.82 Å². The molecule has 1 unspecified atom stereocenters. The minimum Gasteiger partial charge on any atom is -0.343 e. The summed E-state index contributed by atoms with van der Waals surface area (Å²) in [4.78, 5) is 13.2. The number of carbonyl (C=O) groups excluding carboxylic acids is 1. The van der Waals surface area contributed by atoms with E-state index >= 15 is 0 Å². The summed E-state index contributed by atoms with van der Waals surface area (Å²) in [5.41, 5.74) is 3.79. The third-order valence-corrected chi connectivity index (χ3v) is 5.47. The van der Waals surface area contributed by atoms with Gasteiger partial charge in [0.2, 0.25) is 0 Å². The quantitative estimate of drug-likeness (QED) is 0.872. The summed E-state index contributed by atoms with van der Waals surface area (Å²) in [7, 11) is 0. The molecule has 1 aliphatic carbocycles. The normalized spacial score (nSPS) is 25.0. The minimum atomic E-state index is -0.419. The highest BCUT2D eigenvalue weighted by molar-refractivity contribution is 6.02. The number of nitrogens with zero attached hydrogens (tertiary/aromatic N) is 1. The monoisotopic (exact) mass is 321 g/mol. The largest absolute Gasteiger partial charge is 0.343 e. The first-order valence-electron chi connectivity index (χ1n) is 8.61. The molecule has 0 fully saturated rings. The van der Waals surface area contributed by atoms with Gasteiger partial charge in [-0.3, -0.25) is 9.89 Å². The number of allylic oxidation sites excluding steroid dienone is 2. The Morgan fingerprint density at radius 1 is 1.17 bits per heavy atom. The number of benzene rings is 1. The molecule has 24 heavy (non-hydrogen) atoms. The Morgan fingerprint density at radius 3 is 2.62 bits per heavy atom. The van der Waals surface area contributed by atoms with Crippen LogP contribution >= 0.6 is 0 Å². The Kier molecular flexibility index (Phi) is 3.21. The van der Waals surface area contributed by atoms with Crippen molar-refractivity contribution >= 4 is 11.6 Å². The molecule has 0 saturated heterocycles.